The number of esters is 1. The summed E-state index contributed by atoms with van der Waals surface area (Å²) in [7, 11) is 4.57. The summed E-state index contributed by atoms with van der Waals surface area (Å²) in [6, 6.07) is 13.1. The summed E-state index contributed by atoms with van der Waals surface area (Å²) in [5, 5.41) is 22.8. The molecule has 12 nitrogen and oxygen atoms in total. The van der Waals surface area contributed by atoms with Crippen LogP contribution in [0.1, 0.15) is 29.2 Å². The van der Waals surface area contributed by atoms with E-state index in [0.717, 1.165) is 5.56 Å². The molecule has 0 fully saturated rings. The van der Waals surface area contributed by atoms with Crippen LogP contribution in [0.2, 0.25) is 10.2 Å². The third kappa shape index (κ3) is 7.74. The zero-order valence-electron chi connectivity index (χ0n) is 22.9. The van der Waals surface area contributed by atoms with Gasteiger partial charge in [-0.15, -0.1) is 15.3 Å². The number of carbonyl (C=O) groups excluding carboxylic acids is 3. The number of nitrogens with one attached hydrogen (secondary N) is 1. The summed E-state index contributed by atoms with van der Waals surface area (Å²) in [6.07, 6.45) is 4.36. The molecule has 14 heteroatoms. The van der Waals surface area contributed by atoms with Crippen molar-refractivity contribution in [2.45, 2.75) is 18.9 Å². The number of tetrazole rings is 1. The molecule has 2 aromatic heterocycles. The van der Waals surface area contributed by atoms with Gasteiger partial charge in [0.15, 0.2) is 5.15 Å². The van der Waals surface area contributed by atoms with E-state index in [1.54, 1.807) is 68.7 Å². The predicted octanol–water partition coefficient (Wildman–Crippen LogP) is 3.49. The Morgan fingerprint density at radius 2 is 1.83 bits per heavy atom. The quantitative estimate of drug-likeness (QED) is 0.211. The molecular weight excluding hydrogens is 583 g/mol. The van der Waals surface area contributed by atoms with Crippen LogP contribution in [0.25, 0.3) is 23.0 Å². The van der Waals surface area contributed by atoms with Crippen molar-refractivity contribution < 1.29 is 19.1 Å². The summed E-state index contributed by atoms with van der Waals surface area (Å²) in [5.74, 6) is -1.08. The van der Waals surface area contributed by atoms with Crippen molar-refractivity contribution >= 4 is 47.1 Å². The number of ether oxygens (including phenoxy) is 1. The van der Waals surface area contributed by atoms with Crippen molar-refractivity contribution in [2.75, 3.05) is 21.2 Å². The van der Waals surface area contributed by atoms with Crippen LogP contribution in [0.5, 0.6) is 0 Å². The standard InChI is InChI=1S/C28H26Cl2N8O4/c1-37(2)26(40)15-23(32-25(39)11-8-19-13-20(29)9-10-24(19)38-16-31-35-36-38)21-14-22(33-34-28(21)30)18-6-4-17(5-7-18)12-27(41)42-3/h4-11,13-14,16,23H,12,15H2,1-3H3,(H,32,39)/b11-8+. The van der Waals surface area contributed by atoms with Gasteiger partial charge in [0.05, 0.1) is 37.4 Å². The fourth-order valence-electron chi connectivity index (χ4n) is 3.93. The van der Waals surface area contributed by atoms with Crippen LogP contribution in [0.4, 0.5) is 0 Å². The molecule has 0 bridgehead atoms. The average molecular weight is 609 g/mol. The number of hydrogen-bond donors (Lipinski definition) is 1. The average Bonchev–Trinajstić information content (AvgIpc) is 3.51. The van der Waals surface area contributed by atoms with Crippen molar-refractivity contribution in [2.24, 2.45) is 0 Å². The largest absolute Gasteiger partial charge is 0.469 e. The van der Waals surface area contributed by atoms with Crippen LogP contribution in [-0.4, -0.2) is 74.3 Å². The molecule has 1 unspecified atom stereocenters. The molecular formula is C28H26Cl2N8O4. The topological polar surface area (TPSA) is 145 Å². The van der Waals surface area contributed by atoms with E-state index in [1.165, 1.54) is 29.1 Å². The molecule has 216 valence electrons. The number of aromatic nitrogens is 6. The number of methoxy groups -OCH3 is 1. The molecule has 0 radical (unpaired) electrons. The van der Waals surface area contributed by atoms with Crippen molar-refractivity contribution in [3.05, 3.63) is 87.8 Å². The Kier molecular flexibility index (Phi) is 9.94. The van der Waals surface area contributed by atoms with E-state index in [9.17, 15) is 14.4 Å². The minimum Gasteiger partial charge on any atom is -0.469 e. The molecule has 0 aliphatic rings. The summed E-state index contributed by atoms with van der Waals surface area (Å²) < 4.78 is 6.16. The third-order valence-corrected chi connectivity index (χ3v) is 6.70. The van der Waals surface area contributed by atoms with Gasteiger partial charge in [0.1, 0.15) is 6.33 Å². The molecule has 4 aromatic rings. The number of hydrogen-bond acceptors (Lipinski definition) is 9. The smallest absolute Gasteiger partial charge is 0.309 e. The lowest BCUT2D eigenvalue weighted by Crippen LogP contribution is -2.33. The minimum absolute atomic E-state index is 0.0395. The summed E-state index contributed by atoms with van der Waals surface area (Å²) in [5.41, 5.74) is 3.55. The number of rotatable bonds is 10. The van der Waals surface area contributed by atoms with Gasteiger partial charge in [0, 0.05) is 41.9 Å². The van der Waals surface area contributed by atoms with Gasteiger partial charge in [-0.25, -0.2) is 0 Å². The van der Waals surface area contributed by atoms with Crippen LogP contribution in [-0.2, 0) is 25.5 Å². The lowest BCUT2D eigenvalue weighted by molar-refractivity contribution is -0.139. The number of carbonyl (C=O) groups is 3. The first kappa shape index (κ1) is 30.3. The minimum atomic E-state index is -0.823. The second kappa shape index (κ2) is 13.8. The normalized spacial score (nSPS) is 11.7. The zero-order valence-corrected chi connectivity index (χ0v) is 24.4. The number of benzene rings is 2. The lowest BCUT2D eigenvalue weighted by Gasteiger charge is -2.21. The summed E-state index contributed by atoms with van der Waals surface area (Å²) in [6.45, 7) is 0. The van der Waals surface area contributed by atoms with Crippen LogP contribution in [0.15, 0.2) is 60.9 Å². The first-order chi connectivity index (χ1) is 20.1. The summed E-state index contributed by atoms with van der Waals surface area (Å²) in [4.78, 5) is 38.9. The summed E-state index contributed by atoms with van der Waals surface area (Å²) >= 11 is 12.6. The predicted molar refractivity (Wildman–Crippen MR) is 156 cm³/mol. The van der Waals surface area contributed by atoms with Crippen LogP contribution >= 0.6 is 23.2 Å². The van der Waals surface area contributed by atoms with Gasteiger partial charge in [-0.2, -0.15) is 4.68 Å². The van der Waals surface area contributed by atoms with E-state index in [1.807, 2.05) is 0 Å². The van der Waals surface area contributed by atoms with Crippen molar-refractivity contribution in [1.29, 1.82) is 0 Å². The number of nitrogens with zero attached hydrogens (tertiary/aromatic N) is 7. The second-order valence-corrected chi connectivity index (χ2v) is 10.1. The third-order valence-electron chi connectivity index (χ3n) is 6.17. The monoisotopic (exact) mass is 608 g/mol. The molecule has 2 aromatic carbocycles. The van der Waals surface area contributed by atoms with Gasteiger partial charge in [-0.05, 0) is 46.3 Å². The highest BCUT2D eigenvalue weighted by Gasteiger charge is 2.23. The fourth-order valence-corrected chi connectivity index (χ4v) is 4.33. The number of amides is 2. The molecule has 0 spiro atoms. The van der Waals surface area contributed by atoms with E-state index in [0.29, 0.717) is 33.1 Å². The van der Waals surface area contributed by atoms with Gasteiger partial charge < -0.3 is 15.0 Å². The highest BCUT2D eigenvalue weighted by molar-refractivity contribution is 6.31. The van der Waals surface area contributed by atoms with Crippen molar-refractivity contribution in [1.82, 2.24) is 40.6 Å². The van der Waals surface area contributed by atoms with Gasteiger partial charge in [0.25, 0.3) is 0 Å². The van der Waals surface area contributed by atoms with E-state index in [-0.39, 0.29) is 29.9 Å². The van der Waals surface area contributed by atoms with E-state index in [4.69, 9.17) is 27.9 Å². The molecule has 0 aliphatic heterocycles. The molecule has 4 rings (SSSR count). The van der Waals surface area contributed by atoms with Gasteiger partial charge in [0.2, 0.25) is 11.8 Å². The van der Waals surface area contributed by atoms with Gasteiger partial charge >= 0.3 is 5.97 Å². The van der Waals surface area contributed by atoms with Crippen LogP contribution in [0.3, 0.4) is 0 Å². The Labute approximate surface area is 251 Å². The first-order valence-electron chi connectivity index (χ1n) is 12.6. The highest BCUT2D eigenvalue weighted by atomic mass is 35.5. The Morgan fingerprint density at radius 1 is 1.07 bits per heavy atom. The van der Waals surface area contributed by atoms with Crippen molar-refractivity contribution in [3.63, 3.8) is 0 Å². The molecule has 2 heterocycles. The van der Waals surface area contributed by atoms with Crippen LogP contribution in [0, 0.1) is 0 Å². The Hall–Kier alpha value is -4.68. The molecule has 0 saturated carbocycles. The molecule has 1 atom stereocenters. The lowest BCUT2D eigenvalue weighted by atomic mass is 10.0. The maximum absolute atomic E-state index is 13.1. The molecule has 0 saturated heterocycles. The highest BCUT2D eigenvalue weighted by Crippen LogP contribution is 2.28. The van der Waals surface area contributed by atoms with Crippen molar-refractivity contribution in [3.8, 4) is 16.9 Å². The molecule has 42 heavy (non-hydrogen) atoms. The molecule has 1 N–H and O–H groups in total. The van der Waals surface area contributed by atoms with E-state index < -0.39 is 11.9 Å². The molecule has 2 amide bonds. The van der Waals surface area contributed by atoms with Gasteiger partial charge in [-0.1, -0.05) is 47.5 Å². The first-order valence-corrected chi connectivity index (χ1v) is 13.3. The Morgan fingerprint density at radius 3 is 2.50 bits per heavy atom. The Balaban J connectivity index is 1.61. The molecule has 0 aliphatic carbocycles. The maximum Gasteiger partial charge on any atom is 0.309 e. The number of halogens is 2. The Bertz CT molecular complexity index is 1610. The van der Waals surface area contributed by atoms with E-state index in [2.05, 4.69) is 31.0 Å². The van der Waals surface area contributed by atoms with E-state index >= 15 is 0 Å². The second-order valence-electron chi connectivity index (χ2n) is 9.27. The maximum atomic E-state index is 13.1. The SMILES string of the molecule is COC(=O)Cc1ccc(-c2cc(C(CC(=O)N(C)C)NC(=O)/C=C/c3cc(Cl)ccc3-n3cnnn3)c(Cl)nn2)cc1. The zero-order chi connectivity index (χ0) is 30.2. The fraction of sp³-hybridized carbons (Fsp3) is 0.214. The van der Waals surface area contributed by atoms with Gasteiger partial charge in [-0.3, -0.25) is 14.4 Å². The van der Waals surface area contributed by atoms with Crippen LogP contribution < -0.4 is 5.32 Å².